The largest absolute Gasteiger partial charge is 0.330 e. The van der Waals surface area contributed by atoms with Gasteiger partial charge in [-0.05, 0) is 64.7 Å². The first-order valence-corrected chi connectivity index (χ1v) is 11.9. The molecule has 0 aliphatic rings. The van der Waals surface area contributed by atoms with Crippen LogP contribution in [0.15, 0.2) is 12.2 Å². The molecule has 0 amide bonds. The van der Waals surface area contributed by atoms with Crippen molar-refractivity contribution >= 4 is 0 Å². The number of nitrogens with two attached hydrogens (primary N) is 1. The molecule has 0 aromatic heterocycles. The smallest absolute Gasteiger partial charge is 0.00190 e. The van der Waals surface area contributed by atoms with E-state index in [-0.39, 0.29) is 0 Å². The van der Waals surface area contributed by atoms with E-state index < -0.39 is 0 Å². The Morgan fingerprint density at radius 2 is 0.923 bits per heavy atom. The summed E-state index contributed by atoms with van der Waals surface area (Å²) in [6.07, 6.45) is 26.8. The van der Waals surface area contributed by atoms with Crippen LogP contribution in [0.1, 0.15) is 117 Å². The van der Waals surface area contributed by atoms with Gasteiger partial charge in [-0.1, -0.05) is 90.2 Å². The van der Waals surface area contributed by atoms with Crippen molar-refractivity contribution < 1.29 is 0 Å². The number of rotatable bonds is 21. The van der Waals surface area contributed by atoms with Gasteiger partial charge in [0.25, 0.3) is 0 Å². The third-order valence-corrected chi connectivity index (χ3v) is 5.48. The van der Waals surface area contributed by atoms with Crippen molar-refractivity contribution in [2.45, 2.75) is 117 Å². The molecule has 0 aliphatic carbocycles. The first-order valence-electron chi connectivity index (χ1n) is 11.9. The van der Waals surface area contributed by atoms with E-state index >= 15 is 0 Å². The van der Waals surface area contributed by atoms with Gasteiger partial charge in [0.05, 0.1) is 0 Å². The molecule has 2 N–H and O–H groups in total. The van der Waals surface area contributed by atoms with Gasteiger partial charge in [-0.25, -0.2) is 0 Å². The first-order chi connectivity index (χ1) is 12.8. The molecule has 0 atom stereocenters. The Labute approximate surface area is 166 Å². The molecule has 0 aromatic carbocycles. The minimum atomic E-state index is 0.861. The van der Waals surface area contributed by atoms with E-state index in [1.54, 1.807) is 0 Å². The summed E-state index contributed by atoms with van der Waals surface area (Å²) >= 11 is 0. The molecule has 0 saturated heterocycles. The van der Waals surface area contributed by atoms with Crippen LogP contribution in [0.4, 0.5) is 0 Å². The third-order valence-electron chi connectivity index (χ3n) is 5.48. The topological polar surface area (TPSA) is 29.3 Å². The van der Waals surface area contributed by atoms with E-state index in [1.165, 1.54) is 122 Å². The molecule has 0 aliphatic heterocycles. The van der Waals surface area contributed by atoms with E-state index in [0.717, 1.165) is 6.54 Å². The normalized spacial score (nSPS) is 11.8. The summed E-state index contributed by atoms with van der Waals surface area (Å²) in [5, 5.41) is 0. The Morgan fingerprint density at radius 3 is 1.35 bits per heavy atom. The maximum atomic E-state index is 5.51. The van der Waals surface area contributed by atoms with Crippen molar-refractivity contribution in [3.05, 3.63) is 12.2 Å². The molecule has 0 heterocycles. The van der Waals surface area contributed by atoms with Gasteiger partial charge in [0.2, 0.25) is 0 Å². The van der Waals surface area contributed by atoms with E-state index in [1.807, 2.05) is 0 Å². The van der Waals surface area contributed by atoms with Crippen molar-refractivity contribution in [2.75, 3.05) is 26.2 Å². The van der Waals surface area contributed by atoms with Crippen LogP contribution in [0.5, 0.6) is 0 Å². The summed E-state index contributed by atoms with van der Waals surface area (Å²) in [4.78, 5) is 2.54. The molecule has 0 rings (SSSR count). The zero-order chi connectivity index (χ0) is 19.1. The van der Waals surface area contributed by atoms with Gasteiger partial charge in [-0.2, -0.15) is 0 Å². The molecule has 0 fully saturated rings. The molecule has 0 radical (unpaired) electrons. The Balaban J connectivity index is 3.12. The summed E-state index contributed by atoms with van der Waals surface area (Å²) in [5.74, 6) is 0. The molecule has 0 unspecified atom stereocenters. The highest BCUT2D eigenvalue weighted by Gasteiger charge is 1.98. The Kier molecular flexibility index (Phi) is 22.4. The number of hydrogen-bond donors (Lipinski definition) is 1. The fourth-order valence-corrected chi connectivity index (χ4v) is 3.55. The van der Waals surface area contributed by atoms with Crippen LogP contribution in [-0.2, 0) is 0 Å². The molecule has 0 bridgehead atoms. The molecule has 0 aromatic rings. The van der Waals surface area contributed by atoms with Gasteiger partial charge in [0.1, 0.15) is 0 Å². The number of hydrogen-bond acceptors (Lipinski definition) is 2. The number of allylic oxidation sites excluding steroid dienone is 2. The molecule has 156 valence electrons. The van der Waals surface area contributed by atoms with Crippen LogP contribution in [0.2, 0.25) is 0 Å². The highest BCUT2D eigenvalue weighted by Crippen LogP contribution is 2.11. The zero-order valence-corrected chi connectivity index (χ0v) is 18.3. The number of nitrogens with zero attached hydrogens (tertiary/aromatic N) is 1. The van der Waals surface area contributed by atoms with Gasteiger partial charge >= 0.3 is 0 Å². The molecule has 2 heteroatoms. The maximum absolute atomic E-state index is 5.51. The fraction of sp³-hybridized carbons (Fsp3) is 0.917. The lowest BCUT2D eigenvalue weighted by molar-refractivity contribution is 0.295. The van der Waals surface area contributed by atoms with Crippen molar-refractivity contribution in [3.63, 3.8) is 0 Å². The highest BCUT2D eigenvalue weighted by molar-refractivity contribution is 4.81. The third kappa shape index (κ3) is 20.0. The lowest BCUT2D eigenvalue weighted by atomic mass is 10.1. The van der Waals surface area contributed by atoms with Crippen LogP contribution in [0, 0.1) is 0 Å². The summed E-state index contributed by atoms with van der Waals surface area (Å²) in [7, 11) is 0. The van der Waals surface area contributed by atoms with E-state index in [0.29, 0.717) is 0 Å². The average molecular weight is 367 g/mol. The molecule has 0 saturated carbocycles. The highest BCUT2D eigenvalue weighted by atomic mass is 15.1. The van der Waals surface area contributed by atoms with Crippen LogP contribution >= 0.6 is 0 Å². The van der Waals surface area contributed by atoms with Crippen molar-refractivity contribution in [2.24, 2.45) is 5.73 Å². The minimum absolute atomic E-state index is 0.861. The second kappa shape index (κ2) is 22.7. The molecule has 2 nitrogen and oxygen atoms in total. The summed E-state index contributed by atoms with van der Waals surface area (Å²) < 4.78 is 0. The van der Waals surface area contributed by atoms with Gasteiger partial charge in [-0.15, -0.1) is 0 Å². The monoisotopic (exact) mass is 366 g/mol. The minimum Gasteiger partial charge on any atom is -0.330 e. The zero-order valence-electron chi connectivity index (χ0n) is 18.3. The lowest BCUT2D eigenvalue weighted by Gasteiger charge is -2.17. The standard InChI is InChI=1S/C24H50N2/c1-3-26(4-2)24-22-20-18-16-14-12-10-8-6-5-7-9-11-13-15-17-19-21-23-25/h5,7H,3-4,6,8-25H2,1-2H3/b7-5-. The van der Waals surface area contributed by atoms with Crippen LogP contribution in [0.3, 0.4) is 0 Å². The summed E-state index contributed by atoms with van der Waals surface area (Å²) in [6, 6.07) is 0. The number of unbranched alkanes of at least 4 members (excludes halogenated alkanes) is 14. The van der Waals surface area contributed by atoms with E-state index in [9.17, 15) is 0 Å². The van der Waals surface area contributed by atoms with Crippen molar-refractivity contribution in [1.82, 2.24) is 4.90 Å². The van der Waals surface area contributed by atoms with Crippen molar-refractivity contribution in [3.8, 4) is 0 Å². The van der Waals surface area contributed by atoms with Crippen molar-refractivity contribution in [1.29, 1.82) is 0 Å². The van der Waals surface area contributed by atoms with Gasteiger partial charge in [0.15, 0.2) is 0 Å². The van der Waals surface area contributed by atoms with E-state index in [4.69, 9.17) is 5.73 Å². The van der Waals surface area contributed by atoms with Gasteiger partial charge in [0, 0.05) is 0 Å². The molecule has 26 heavy (non-hydrogen) atoms. The van der Waals surface area contributed by atoms with Gasteiger partial charge in [-0.3, -0.25) is 0 Å². The Morgan fingerprint density at radius 1 is 0.538 bits per heavy atom. The molecule has 0 spiro atoms. The Bertz CT molecular complexity index is 271. The lowest BCUT2D eigenvalue weighted by Crippen LogP contribution is -2.23. The fourth-order valence-electron chi connectivity index (χ4n) is 3.55. The summed E-state index contributed by atoms with van der Waals surface area (Å²) in [6.45, 7) is 9.11. The van der Waals surface area contributed by atoms with Crippen LogP contribution in [-0.4, -0.2) is 31.1 Å². The molecular weight excluding hydrogens is 316 g/mol. The Hall–Kier alpha value is -0.340. The summed E-state index contributed by atoms with van der Waals surface area (Å²) in [5.41, 5.74) is 5.51. The second-order valence-corrected chi connectivity index (χ2v) is 7.81. The van der Waals surface area contributed by atoms with Gasteiger partial charge < -0.3 is 10.6 Å². The van der Waals surface area contributed by atoms with Crippen LogP contribution < -0.4 is 5.73 Å². The first kappa shape index (κ1) is 25.7. The van der Waals surface area contributed by atoms with E-state index in [2.05, 4.69) is 30.9 Å². The van der Waals surface area contributed by atoms with Crippen LogP contribution in [0.25, 0.3) is 0 Å². The average Bonchev–Trinajstić information content (AvgIpc) is 2.66. The SMILES string of the molecule is CCN(CC)CCCCCCCCCC/C=C\CCCCCCCCN. The quantitative estimate of drug-likeness (QED) is 0.174. The maximum Gasteiger partial charge on any atom is -0.00190 e. The molecular formula is C24H50N2. The predicted octanol–water partition coefficient (Wildman–Crippen LogP) is 7.08. The predicted molar refractivity (Wildman–Crippen MR) is 120 cm³/mol. The second-order valence-electron chi connectivity index (χ2n) is 7.81.